The van der Waals surface area contributed by atoms with Crippen molar-refractivity contribution in [3.8, 4) is 0 Å². The standard InChI is InChI=1S/C19H22N2O6/c1-5-19(13-9-7-8-10-14(13)21(26)27)15(17(22)23)11(3)20(6-2)12(4)16(19)18(24)25/h7-10H,5-6H2,1-4H3,(H,22,23)(H,24,25). The molecule has 8 nitrogen and oxygen atoms in total. The number of aliphatic carboxylic acids is 2. The summed E-state index contributed by atoms with van der Waals surface area (Å²) >= 11 is 0. The summed E-state index contributed by atoms with van der Waals surface area (Å²) in [5, 5.41) is 31.6. The minimum Gasteiger partial charge on any atom is -0.478 e. The van der Waals surface area contributed by atoms with E-state index in [1.165, 1.54) is 18.2 Å². The predicted molar refractivity (Wildman–Crippen MR) is 98.1 cm³/mol. The molecular formula is C19H22N2O6. The molecule has 0 aromatic heterocycles. The van der Waals surface area contributed by atoms with E-state index in [9.17, 15) is 29.9 Å². The minimum atomic E-state index is -1.64. The van der Waals surface area contributed by atoms with E-state index in [0.29, 0.717) is 17.9 Å². The second-order valence-corrected chi connectivity index (χ2v) is 6.31. The van der Waals surface area contributed by atoms with Crippen molar-refractivity contribution in [2.75, 3.05) is 6.54 Å². The van der Waals surface area contributed by atoms with E-state index < -0.39 is 22.3 Å². The van der Waals surface area contributed by atoms with E-state index in [1.54, 1.807) is 38.7 Å². The number of nitro benzene ring substituents is 1. The fourth-order valence-electron chi connectivity index (χ4n) is 4.22. The monoisotopic (exact) mass is 374 g/mol. The van der Waals surface area contributed by atoms with Crippen molar-refractivity contribution in [3.63, 3.8) is 0 Å². The minimum absolute atomic E-state index is 0.0490. The van der Waals surface area contributed by atoms with Gasteiger partial charge in [0.05, 0.1) is 21.5 Å². The third-order valence-corrected chi connectivity index (χ3v) is 5.22. The molecule has 1 aromatic rings. The fraction of sp³-hybridized carbons (Fsp3) is 0.368. The van der Waals surface area contributed by atoms with Gasteiger partial charge in [-0.2, -0.15) is 0 Å². The molecular weight excluding hydrogens is 352 g/mol. The fourth-order valence-corrected chi connectivity index (χ4v) is 4.22. The van der Waals surface area contributed by atoms with Crippen LogP contribution in [0.2, 0.25) is 0 Å². The number of nitrogens with zero attached hydrogens (tertiary/aromatic N) is 2. The number of carboxylic acids is 2. The van der Waals surface area contributed by atoms with Crippen LogP contribution in [0.25, 0.3) is 0 Å². The number of para-hydroxylation sites is 1. The van der Waals surface area contributed by atoms with Gasteiger partial charge in [-0.15, -0.1) is 0 Å². The van der Waals surface area contributed by atoms with Gasteiger partial charge in [0, 0.05) is 29.6 Å². The first kappa shape index (κ1) is 20.2. The molecule has 0 atom stereocenters. The number of rotatable bonds is 6. The third kappa shape index (κ3) is 2.87. The van der Waals surface area contributed by atoms with Gasteiger partial charge in [-0.1, -0.05) is 25.1 Å². The van der Waals surface area contributed by atoms with Gasteiger partial charge < -0.3 is 15.1 Å². The number of benzene rings is 1. The maximum absolute atomic E-state index is 12.3. The number of carboxylic acid groups (broad SMARTS) is 2. The zero-order valence-electron chi connectivity index (χ0n) is 15.6. The van der Waals surface area contributed by atoms with Crippen molar-refractivity contribution in [3.05, 3.63) is 62.5 Å². The van der Waals surface area contributed by atoms with Crippen molar-refractivity contribution in [2.24, 2.45) is 0 Å². The number of hydrogen-bond donors (Lipinski definition) is 2. The summed E-state index contributed by atoms with van der Waals surface area (Å²) in [6.07, 6.45) is 0.0490. The summed E-state index contributed by atoms with van der Waals surface area (Å²) in [6, 6.07) is 5.73. The van der Waals surface area contributed by atoms with Crippen molar-refractivity contribution in [2.45, 2.75) is 39.5 Å². The van der Waals surface area contributed by atoms with E-state index in [2.05, 4.69) is 0 Å². The van der Waals surface area contributed by atoms with Crippen molar-refractivity contribution in [1.29, 1.82) is 0 Å². The Bertz CT molecular complexity index is 846. The van der Waals surface area contributed by atoms with Gasteiger partial charge in [-0.3, -0.25) is 10.1 Å². The van der Waals surface area contributed by atoms with E-state index in [-0.39, 0.29) is 28.8 Å². The van der Waals surface area contributed by atoms with Crippen LogP contribution in [0, 0.1) is 10.1 Å². The molecule has 0 saturated heterocycles. The lowest BCUT2D eigenvalue weighted by molar-refractivity contribution is -0.385. The summed E-state index contributed by atoms with van der Waals surface area (Å²) in [5.41, 5.74) is -1.40. The van der Waals surface area contributed by atoms with Crippen LogP contribution in [-0.2, 0) is 15.0 Å². The average molecular weight is 374 g/mol. The molecule has 2 N–H and O–H groups in total. The Kier molecular flexibility index (Phi) is 5.39. The van der Waals surface area contributed by atoms with Gasteiger partial charge in [-0.05, 0) is 27.2 Å². The lowest BCUT2D eigenvalue weighted by Gasteiger charge is -2.44. The van der Waals surface area contributed by atoms with Crippen LogP contribution in [0.5, 0.6) is 0 Å². The molecule has 0 fully saturated rings. The molecule has 0 radical (unpaired) electrons. The summed E-state index contributed by atoms with van der Waals surface area (Å²) in [4.78, 5) is 37.2. The summed E-state index contributed by atoms with van der Waals surface area (Å²) in [7, 11) is 0. The maximum atomic E-state index is 12.3. The Morgan fingerprint density at radius 2 is 1.56 bits per heavy atom. The highest BCUT2D eigenvalue weighted by Gasteiger charge is 2.53. The quantitative estimate of drug-likeness (QED) is 0.579. The molecule has 144 valence electrons. The van der Waals surface area contributed by atoms with Crippen molar-refractivity contribution < 1.29 is 24.7 Å². The van der Waals surface area contributed by atoms with E-state index in [1.807, 2.05) is 0 Å². The summed E-state index contributed by atoms with van der Waals surface area (Å²) in [6.45, 7) is 7.02. The van der Waals surface area contributed by atoms with Gasteiger partial charge >= 0.3 is 11.9 Å². The topological polar surface area (TPSA) is 121 Å². The SMILES string of the molecule is CCN1C(C)=C(C(=O)O)C(CC)(c2ccccc2[N+](=O)[O-])C(C(=O)O)=C1C. The second-order valence-electron chi connectivity index (χ2n) is 6.31. The Labute approximate surface area is 156 Å². The lowest BCUT2D eigenvalue weighted by Crippen LogP contribution is -2.45. The molecule has 1 heterocycles. The summed E-state index contributed by atoms with van der Waals surface area (Å²) in [5.74, 6) is -2.59. The van der Waals surface area contributed by atoms with Crippen LogP contribution in [0.15, 0.2) is 46.8 Å². The second kappa shape index (κ2) is 7.22. The number of allylic oxidation sites excluding steroid dienone is 2. The van der Waals surface area contributed by atoms with Crippen LogP contribution in [0.4, 0.5) is 5.69 Å². The molecule has 1 aliphatic heterocycles. The average Bonchev–Trinajstić information content (AvgIpc) is 2.60. The first-order valence-corrected chi connectivity index (χ1v) is 8.55. The van der Waals surface area contributed by atoms with Crippen LogP contribution in [-0.4, -0.2) is 38.5 Å². The van der Waals surface area contributed by atoms with E-state index >= 15 is 0 Å². The van der Waals surface area contributed by atoms with E-state index in [0.717, 1.165) is 0 Å². The Morgan fingerprint density at radius 3 is 1.93 bits per heavy atom. The number of carbonyl (C=O) groups is 2. The molecule has 8 heteroatoms. The third-order valence-electron chi connectivity index (χ3n) is 5.22. The zero-order valence-corrected chi connectivity index (χ0v) is 15.6. The van der Waals surface area contributed by atoms with Crippen molar-refractivity contribution in [1.82, 2.24) is 4.90 Å². The Balaban J connectivity index is 3.09. The van der Waals surface area contributed by atoms with E-state index in [4.69, 9.17) is 0 Å². The maximum Gasteiger partial charge on any atom is 0.334 e. The largest absolute Gasteiger partial charge is 0.478 e. The highest BCUT2D eigenvalue weighted by Crippen LogP contribution is 2.51. The molecule has 0 aliphatic carbocycles. The van der Waals surface area contributed by atoms with Crippen LogP contribution < -0.4 is 0 Å². The zero-order chi connectivity index (χ0) is 20.5. The molecule has 0 saturated carbocycles. The Morgan fingerprint density at radius 1 is 1.07 bits per heavy atom. The van der Waals surface area contributed by atoms with Gasteiger partial charge in [0.15, 0.2) is 0 Å². The highest BCUT2D eigenvalue weighted by molar-refractivity contribution is 6.01. The smallest absolute Gasteiger partial charge is 0.334 e. The number of hydrogen-bond acceptors (Lipinski definition) is 5. The van der Waals surface area contributed by atoms with Gasteiger partial charge in [0.2, 0.25) is 0 Å². The molecule has 1 aromatic carbocycles. The summed E-state index contributed by atoms with van der Waals surface area (Å²) < 4.78 is 0. The highest BCUT2D eigenvalue weighted by atomic mass is 16.6. The molecule has 0 unspecified atom stereocenters. The first-order chi connectivity index (χ1) is 12.6. The predicted octanol–water partition coefficient (Wildman–Crippen LogP) is 3.30. The molecule has 0 bridgehead atoms. The molecule has 1 aliphatic rings. The number of nitro groups is 1. The Hall–Kier alpha value is -3.16. The van der Waals surface area contributed by atoms with Gasteiger partial charge in [0.25, 0.3) is 5.69 Å². The van der Waals surface area contributed by atoms with Crippen molar-refractivity contribution >= 4 is 17.6 Å². The van der Waals surface area contributed by atoms with Crippen LogP contribution in [0.3, 0.4) is 0 Å². The van der Waals surface area contributed by atoms with Crippen LogP contribution >= 0.6 is 0 Å². The molecule has 27 heavy (non-hydrogen) atoms. The van der Waals surface area contributed by atoms with Gasteiger partial charge in [-0.25, -0.2) is 9.59 Å². The first-order valence-electron chi connectivity index (χ1n) is 8.55. The van der Waals surface area contributed by atoms with Gasteiger partial charge in [0.1, 0.15) is 0 Å². The normalized spacial score (nSPS) is 16.5. The molecule has 2 rings (SSSR count). The molecule has 0 spiro atoms. The van der Waals surface area contributed by atoms with Crippen LogP contribution in [0.1, 0.15) is 39.7 Å². The lowest BCUT2D eigenvalue weighted by atomic mass is 9.63. The molecule has 0 amide bonds.